The van der Waals surface area contributed by atoms with Gasteiger partial charge in [0.2, 0.25) is 6.10 Å². The Morgan fingerprint density at radius 1 is 1.38 bits per heavy atom. The quantitative estimate of drug-likeness (QED) is 0.887. The minimum Gasteiger partial charge on any atom is -0.478 e. The first kappa shape index (κ1) is 13.2. The third-order valence-electron chi connectivity index (χ3n) is 3.33. The van der Waals surface area contributed by atoms with Crippen molar-refractivity contribution < 1.29 is 19.4 Å². The van der Waals surface area contributed by atoms with Crippen LogP contribution in [0.15, 0.2) is 36.8 Å². The highest BCUT2D eigenvalue weighted by atomic mass is 16.5. The fourth-order valence-electron chi connectivity index (χ4n) is 2.26. The van der Waals surface area contributed by atoms with Crippen LogP contribution in [0.5, 0.6) is 5.75 Å². The van der Waals surface area contributed by atoms with Crippen LogP contribution in [0.25, 0.3) is 0 Å². The van der Waals surface area contributed by atoms with E-state index in [1.54, 1.807) is 35.9 Å². The molecule has 0 aliphatic carbocycles. The van der Waals surface area contributed by atoms with Gasteiger partial charge >= 0.3 is 5.97 Å². The SMILES string of the molecule is Cn1cncc1C(=O)N1CC(C(=O)O)Oc2ccccc21. The number of benzene rings is 1. The Morgan fingerprint density at radius 2 is 2.14 bits per heavy atom. The molecule has 0 saturated carbocycles. The zero-order valence-corrected chi connectivity index (χ0v) is 11.3. The highest BCUT2D eigenvalue weighted by Crippen LogP contribution is 2.34. The summed E-state index contributed by atoms with van der Waals surface area (Å²) in [6, 6.07) is 6.87. The lowest BCUT2D eigenvalue weighted by Gasteiger charge is -2.32. The van der Waals surface area contributed by atoms with E-state index in [4.69, 9.17) is 9.84 Å². The van der Waals surface area contributed by atoms with Gasteiger partial charge in [0.25, 0.3) is 5.91 Å². The summed E-state index contributed by atoms with van der Waals surface area (Å²) in [6.45, 7) is -0.0453. The third-order valence-corrected chi connectivity index (χ3v) is 3.33. The van der Waals surface area contributed by atoms with E-state index in [1.807, 2.05) is 0 Å². The maximum atomic E-state index is 12.6. The maximum absolute atomic E-state index is 12.6. The van der Waals surface area contributed by atoms with Crippen LogP contribution in [0.2, 0.25) is 0 Å². The molecule has 108 valence electrons. The summed E-state index contributed by atoms with van der Waals surface area (Å²) in [5, 5.41) is 9.17. The standard InChI is InChI=1S/C14H13N3O4/c1-16-8-15-6-10(16)13(18)17-7-12(14(19)20)21-11-5-3-2-4-9(11)17/h2-6,8,12H,7H2,1H3,(H,19,20). The molecule has 0 fully saturated rings. The van der Waals surface area contributed by atoms with E-state index >= 15 is 0 Å². The second-order valence-corrected chi connectivity index (χ2v) is 4.72. The molecule has 1 aliphatic heterocycles. The first-order valence-electron chi connectivity index (χ1n) is 6.34. The Bertz CT molecular complexity index is 710. The number of amides is 1. The van der Waals surface area contributed by atoms with Crippen molar-refractivity contribution in [2.45, 2.75) is 6.10 Å². The van der Waals surface area contributed by atoms with Crippen molar-refractivity contribution in [1.82, 2.24) is 9.55 Å². The molecule has 3 rings (SSSR count). The van der Waals surface area contributed by atoms with Gasteiger partial charge in [0.1, 0.15) is 11.4 Å². The molecule has 0 bridgehead atoms. The van der Waals surface area contributed by atoms with Gasteiger partial charge in [-0.25, -0.2) is 9.78 Å². The van der Waals surface area contributed by atoms with Gasteiger partial charge in [-0.3, -0.25) is 9.69 Å². The van der Waals surface area contributed by atoms with Gasteiger partial charge in [0.05, 0.1) is 24.8 Å². The van der Waals surface area contributed by atoms with Crippen LogP contribution in [0.4, 0.5) is 5.69 Å². The molecule has 1 amide bonds. The van der Waals surface area contributed by atoms with Crippen LogP contribution < -0.4 is 9.64 Å². The molecule has 0 spiro atoms. The van der Waals surface area contributed by atoms with Crippen LogP contribution in [0, 0.1) is 0 Å². The second-order valence-electron chi connectivity index (χ2n) is 4.72. The van der Waals surface area contributed by atoms with Gasteiger partial charge in [-0.2, -0.15) is 0 Å². The molecule has 2 heterocycles. The molecule has 1 unspecified atom stereocenters. The molecule has 0 saturated heterocycles. The Morgan fingerprint density at radius 3 is 2.81 bits per heavy atom. The van der Waals surface area contributed by atoms with Crippen molar-refractivity contribution in [2.75, 3.05) is 11.4 Å². The van der Waals surface area contributed by atoms with E-state index in [9.17, 15) is 9.59 Å². The third kappa shape index (κ3) is 2.22. The molecule has 21 heavy (non-hydrogen) atoms. The summed E-state index contributed by atoms with van der Waals surface area (Å²) in [6.07, 6.45) is 1.89. The Labute approximate surface area is 120 Å². The Kier molecular flexibility index (Phi) is 3.09. The van der Waals surface area contributed by atoms with Crippen molar-refractivity contribution in [3.63, 3.8) is 0 Å². The zero-order chi connectivity index (χ0) is 15.0. The average Bonchev–Trinajstić information content (AvgIpc) is 2.91. The predicted octanol–water partition coefficient (Wildman–Crippen LogP) is 0.912. The number of para-hydroxylation sites is 2. The summed E-state index contributed by atoms with van der Waals surface area (Å²) >= 11 is 0. The minimum absolute atomic E-state index is 0.0453. The number of hydrogen-bond donors (Lipinski definition) is 1. The molecule has 0 radical (unpaired) electrons. The van der Waals surface area contributed by atoms with E-state index in [1.165, 1.54) is 17.4 Å². The smallest absolute Gasteiger partial charge is 0.346 e. The molecule has 2 aromatic rings. The number of fused-ring (bicyclic) bond motifs is 1. The zero-order valence-electron chi connectivity index (χ0n) is 11.3. The second kappa shape index (κ2) is 4.93. The van der Waals surface area contributed by atoms with Crippen LogP contribution in [-0.2, 0) is 11.8 Å². The Hall–Kier alpha value is -2.83. The van der Waals surface area contributed by atoms with Crippen molar-refractivity contribution >= 4 is 17.6 Å². The van der Waals surface area contributed by atoms with Crippen molar-refractivity contribution in [3.05, 3.63) is 42.5 Å². The minimum atomic E-state index is -1.10. The number of aliphatic carboxylic acids is 1. The fraction of sp³-hybridized carbons (Fsp3) is 0.214. The molecular formula is C14H13N3O4. The lowest BCUT2D eigenvalue weighted by Crippen LogP contribution is -2.47. The number of carboxylic acid groups (broad SMARTS) is 1. The highest BCUT2D eigenvalue weighted by Gasteiger charge is 2.34. The van der Waals surface area contributed by atoms with E-state index < -0.39 is 12.1 Å². The van der Waals surface area contributed by atoms with Gasteiger partial charge in [0, 0.05) is 7.05 Å². The number of carboxylic acids is 1. The van der Waals surface area contributed by atoms with E-state index in [0.717, 1.165) is 0 Å². The fourth-order valence-corrected chi connectivity index (χ4v) is 2.26. The maximum Gasteiger partial charge on any atom is 0.346 e. The van der Waals surface area contributed by atoms with Crippen LogP contribution >= 0.6 is 0 Å². The van der Waals surface area contributed by atoms with Gasteiger partial charge in [-0.15, -0.1) is 0 Å². The number of hydrogen-bond acceptors (Lipinski definition) is 4. The van der Waals surface area contributed by atoms with E-state index in [-0.39, 0.29) is 12.5 Å². The lowest BCUT2D eigenvalue weighted by atomic mass is 10.1. The van der Waals surface area contributed by atoms with E-state index in [2.05, 4.69) is 4.98 Å². The molecule has 1 aromatic heterocycles. The van der Waals surface area contributed by atoms with Crippen molar-refractivity contribution in [2.24, 2.45) is 7.05 Å². The Balaban J connectivity index is 2.02. The molecule has 1 aliphatic rings. The highest BCUT2D eigenvalue weighted by molar-refractivity contribution is 6.06. The molecule has 7 nitrogen and oxygen atoms in total. The summed E-state index contributed by atoms with van der Waals surface area (Å²) in [5.41, 5.74) is 0.942. The van der Waals surface area contributed by atoms with Crippen LogP contribution in [0.3, 0.4) is 0 Å². The lowest BCUT2D eigenvalue weighted by molar-refractivity contribution is -0.144. The topological polar surface area (TPSA) is 84.7 Å². The number of ether oxygens (including phenoxy) is 1. The number of carbonyl (C=O) groups excluding carboxylic acids is 1. The molecule has 1 aromatic carbocycles. The first-order valence-corrected chi connectivity index (χ1v) is 6.34. The van der Waals surface area contributed by atoms with E-state index in [0.29, 0.717) is 17.1 Å². The predicted molar refractivity (Wildman–Crippen MR) is 73.4 cm³/mol. The van der Waals surface area contributed by atoms with Crippen LogP contribution in [0.1, 0.15) is 10.5 Å². The van der Waals surface area contributed by atoms with Gasteiger partial charge in [0.15, 0.2) is 0 Å². The molecule has 1 atom stereocenters. The number of rotatable bonds is 2. The average molecular weight is 287 g/mol. The molecule has 1 N–H and O–H groups in total. The van der Waals surface area contributed by atoms with Crippen molar-refractivity contribution in [3.8, 4) is 5.75 Å². The summed E-state index contributed by atoms with van der Waals surface area (Å²) in [5.74, 6) is -1.03. The number of imidazole rings is 1. The summed E-state index contributed by atoms with van der Waals surface area (Å²) < 4.78 is 7.00. The molecular weight excluding hydrogens is 274 g/mol. The number of carbonyl (C=O) groups is 2. The molecule has 7 heteroatoms. The normalized spacial score (nSPS) is 17.0. The van der Waals surface area contributed by atoms with Gasteiger partial charge in [-0.05, 0) is 12.1 Å². The van der Waals surface area contributed by atoms with Gasteiger partial charge in [-0.1, -0.05) is 12.1 Å². The summed E-state index contributed by atoms with van der Waals surface area (Å²) in [4.78, 5) is 29.2. The number of anilines is 1. The summed E-state index contributed by atoms with van der Waals surface area (Å²) in [7, 11) is 1.71. The first-order chi connectivity index (χ1) is 10.1. The van der Waals surface area contributed by atoms with Crippen LogP contribution in [-0.4, -0.2) is 39.2 Å². The largest absolute Gasteiger partial charge is 0.478 e. The monoisotopic (exact) mass is 287 g/mol. The number of aryl methyl sites for hydroxylation is 1. The van der Waals surface area contributed by atoms with Gasteiger partial charge < -0.3 is 14.4 Å². The van der Waals surface area contributed by atoms with Crippen molar-refractivity contribution in [1.29, 1.82) is 0 Å². The number of aromatic nitrogens is 2. The number of nitrogens with zero attached hydrogens (tertiary/aromatic N) is 3.